The van der Waals surface area contributed by atoms with E-state index in [-0.39, 0.29) is 24.3 Å². The monoisotopic (exact) mass is 301 g/mol. The Labute approximate surface area is 130 Å². The topological polar surface area (TPSA) is 70.2 Å². The predicted molar refractivity (Wildman–Crippen MR) is 85.5 cm³/mol. The summed E-state index contributed by atoms with van der Waals surface area (Å²) in [4.78, 5) is 24.3. The maximum atomic E-state index is 12.1. The quantitative estimate of drug-likeness (QED) is 0.796. The van der Waals surface area contributed by atoms with Gasteiger partial charge in [0.2, 0.25) is 11.8 Å². The van der Waals surface area contributed by atoms with Crippen molar-refractivity contribution in [3.63, 3.8) is 0 Å². The van der Waals surface area contributed by atoms with Gasteiger partial charge < -0.3 is 16.0 Å². The Kier molecular flexibility index (Phi) is 4.43. The third-order valence-corrected chi connectivity index (χ3v) is 4.55. The molecule has 1 aliphatic carbocycles. The minimum Gasteiger partial charge on any atom is -0.350 e. The standard InChI is InChI=1S/C17H23N3O2/c1-11-6-8-12(9-7-11)18-16(21)10-15-17(22)20-14-5-3-2-4-13(14)19-15/h6-9,13-15,19H,2-5,10H2,1H3,(H,18,21)(H,20,22). The second-order valence-corrected chi connectivity index (χ2v) is 6.34. The summed E-state index contributed by atoms with van der Waals surface area (Å²) in [5.41, 5.74) is 1.91. The molecule has 0 radical (unpaired) electrons. The highest BCUT2D eigenvalue weighted by Crippen LogP contribution is 2.22. The van der Waals surface area contributed by atoms with Gasteiger partial charge in [-0.3, -0.25) is 9.59 Å². The van der Waals surface area contributed by atoms with Crippen molar-refractivity contribution in [1.29, 1.82) is 0 Å². The van der Waals surface area contributed by atoms with E-state index < -0.39 is 6.04 Å². The van der Waals surface area contributed by atoms with Crippen LogP contribution < -0.4 is 16.0 Å². The van der Waals surface area contributed by atoms with Crippen molar-refractivity contribution in [3.05, 3.63) is 29.8 Å². The molecule has 1 heterocycles. The highest BCUT2D eigenvalue weighted by molar-refractivity contribution is 5.95. The van der Waals surface area contributed by atoms with Gasteiger partial charge in [-0.05, 0) is 31.9 Å². The first-order valence-corrected chi connectivity index (χ1v) is 8.05. The minimum absolute atomic E-state index is 0.0535. The number of carbonyl (C=O) groups is 2. The van der Waals surface area contributed by atoms with E-state index in [0.717, 1.165) is 24.1 Å². The van der Waals surface area contributed by atoms with Crippen LogP contribution in [0.3, 0.4) is 0 Å². The largest absolute Gasteiger partial charge is 0.350 e. The van der Waals surface area contributed by atoms with Crippen LogP contribution in [-0.2, 0) is 9.59 Å². The molecule has 2 fully saturated rings. The summed E-state index contributed by atoms with van der Waals surface area (Å²) in [6.45, 7) is 2.00. The van der Waals surface area contributed by atoms with Gasteiger partial charge in [0.15, 0.2) is 0 Å². The summed E-state index contributed by atoms with van der Waals surface area (Å²) in [5.74, 6) is -0.187. The van der Waals surface area contributed by atoms with E-state index in [9.17, 15) is 9.59 Å². The van der Waals surface area contributed by atoms with Crippen LogP contribution in [0.1, 0.15) is 37.7 Å². The van der Waals surface area contributed by atoms with Gasteiger partial charge in [-0.15, -0.1) is 0 Å². The molecule has 2 amide bonds. The number of piperazine rings is 1. The summed E-state index contributed by atoms with van der Waals surface area (Å²) < 4.78 is 0. The van der Waals surface area contributed by atoms with Gasteiger partial charge in [0.25, 0.3) is 0 Å². The van der Waals surface area contributed by atoms with E-state index >= 15 is 0 Å². The molecule has 1 saturated heterocycles. The number of anilines is 1. The molecule has 1 aromatic carbocycles. The number of aryl methyl sites for hydroxylation is 1. The van der Waals surface area contributed by atoms with Gasteiger partial charge >= 0.3 is 0 Å². The molecule has 5 nitrogen and oxygen atoms in total. The van der Waals surface area contributed by atoms with E-state index in [0.29, 0.717) is 6.04 Å². The highest BCUT2D eigenvalue weighted by Gasteiger charge is 2.36. The molecular formula is C17H23N3O2. The Balaban J connectivity index is 1.56. The van der Waals surface area contributed by atoms with E-state index in [1.165, 1.54) is 12.8 Å². The first-order valence-electron chi connectivity index (χ1n) is 8.05. The average Bonchev–Trinajstić information content (AvgIpc) is 2.50. The summed E-state index contributed by atoms with van der Waals surface area (Å²) in [6.07, 6.45) is 4.63. The Hall–Kier alpha value is -1.88. The summed E-state index contributed by atoms with van der Waals surface area (Å²) in [5, 5.41) is 9.27. The fourth-order valence-corrected chi connectivity index (χ4v) is 3.31. The number of carbonyl (C=O) groups excluding carboxylic acids is 2. The average molecular weight is 301 g/mol. The van der Waals surface area contributed by atoms with Crippen molar-refractivity contribution in [3.8, 4) is 0 Å². The van der Waals surface area contributed by atoms with Crippen molar-refractivity contribution in [2.24, 2.45) is 0 Å². The van der Waals surface area contributed by atoms with Crippen molar-refractivity contribution >= 4 is 17.5 Å². The number of nitrogens with one attached hydrogen (secondary N) is 3. The molecule has 1 aromatic rings. The zero-order chi connectivity index (χ0) is 15.5. The molecule has 3 atom stereocenters. The Morgan fingerprint density at radius 3 is 2.59 bits per heavy atom. The molecule has 3 rings (SSSR count). The SMILES string of the molecule is Cc1ccc(NC(=O)CC2NC3CCCCC3NC2=O)cc1. The van der Waals surface area contributed by atoms with E-state index in [4.69, 9.17) is 0 Å². The molecule has 0 bridgehead atoms. The predicted octanol–water partition coefficient (Wildman–Crippen LogP) is 1.72. The lowest BCUT2D eigenvalue weighted by atomic mass is 9.87. The summed E-state index contributed by atoms with van der Waals surface area (Å²) in [6, 6.07) is 7.77. The van der Waals surface area contributed by atoms with E-state index in [1.807, 2.05) is 31.2 Å². The van der Waals surface area contributed by atoms with Gasteiger partial charge in [-0.1, -0.05) is 30.5 Å². The summed E-state index contributed by atoms with van der Waals surface area (Å²) in [7, 11) is 0. The second-order valence-electron chi connectivity index (χ2n) is 6.34. The van der Waals surface area contributed by atoms with Crippen molar-refractivity contribution in [2.75, 3.05) is 5.32 Å². The Bertz CT molecular complexity index is 556. The lowest BCUT2D eigenvalue weighted by Gasteiger charge is -2.40. The van der Waals surface area contributed by atoms with Crippen molar-refractivity contribution in [1.82, 2.24) is 10.6 Å². The molecule has 1 saturated carbocycles. The fourth-order valence-electron chi connectivity index (χ4n) is 3.31. The molecule has 0 spiro atoms. The molecule has 2 aliphatic rings. The van der Waals surface area contributed by atoms with Crippen LogP contribution in [0.25, 0.3) is 0 Å². The molecular weight excluding hydrogens is 278 g/mol. The molecule has 118 valence electrons. The van der Waals surface area contributed by atoms with Gasteiger partial charge in [-0.25, -0.2) is 0 Å². The van der Waals surface area contributed by atoms with Gasteiger partial charge in [0.05, 0.1) is 12.5 Å². The normalized spacial score (nSPS) is 27.7. The highest BCUT2D eigenvalue weighted by atomic mass is 16.2. The van der Waals surface area contributed by atoms with Crippen molar-refractivity contribution < 1.29 is 9.59 Å². The van der Waals surface area contributed by atoms with Gasteiger partial charge in [-0.2, -0.15) is 0 Å². The second kappa shape index (κ2) is 6.48. The van der Waals surface area contributed by atoms with Crippen molar-refractivity contribution in [2.45, 2.75) is 57.2 Å². The molecule has 0 aromatic heterocycles. The van der Waals surface area contributed by atoms with E-state index in [1.54, 1.807) is 0 Å². The van der Waals surface area contributed by atoms with Crippen LogP contribution in [0.5, 0.6) is 0 Å². The molecule has 5 heteroatoms. The first-order chi connectivity index (χ1) is 10.6. The lowest BCUT2D eigenvalue weighted by Crippen LogP contribution is -2.65. The van der Waals surface area contributed by atoms with Gasteiger partial charge in [0.1, 0.15) is 0 Å². The fraction of sp³-hybridized carbons (Fsp3) is 0.529. The lowest BCUT2D eigenvalue weighted by molar-refractivity contribution is -0.129. The number of hydrogen-bond acceptors (Lipinski definition) is 3. The maximum absolute atomic E-state index is 12.1. The van der Waals surface area contributed by atoms with Crippen LogP contribution in [0.15, 0.2) is 24.3 Å². The van der Waals surface area contributed by atoms with Crippen LogP contribution in [0, 0.1) is 6.92 Å². The molecule has 22 heavy (non-hydrogen) atoms. The van der Waals surface area contributed by atoms with Gasteiger partial charge in [0, 0.05) is 17.8 Å². The smallest absolute Gasteiger partial charge is 0.237 e. The Morgan fingerprint density at radius 1 is 1.18 bits per heavy atom. The third kappa shape index (κ3) is 3.47. The number of hydrogen-bond donors (Lipinski definition) is 3. The molecule has 3 N–H and O–H groups in total. The third-order valence-electron chi connectivity index (χ3n) is 4.55. The summed E-state index contributed by atoms with van der Waals surface area (Å²) >= 11 is 0. The van der Waals surface area contributed by atoms with Crippen LogP contribution in [0.4, 0.5) is 5.69 Å². The number of fused-ring (bicyclic) bond motifs is 1. The molecule has 1 aliphatic heterocycles. The van der Waals surface area contributed by atoms with E-state index in [2.05, 4.69) is 16.0 Å². The first kappa shape index (κ1) is 15.0. The number of benzene rings is 1. The number of rotatable bonds is 3. The molecule has 3 unspecified atom stereocenters. The number of amides is 2. The zero-order valence-corrected chi connectivity index (χ0v) is 12.9. The van der Waals surface area contributed by atoms with Crippen LogP contribution in [-0.4, -0.2) is 29.9 Å². The maximum Gasteiger partial charge on any atom is 0.237 e. The van der Waals surface area contributed by atoms with Crippen LogP contribution >= 0.6 is 0 Å². The Morgan fingerprint density at radius 2 is 1.86 bits per heavy atom. The van der Waals surface area contributed by atoms with Crippen LogP contribution in [0.2, 0.25) is 0 Å². The zero-order valence-electron chi connectivity index (χ0n) is 12.9. The minimum atomic E-state index is -0.426.